The Hall–Kier alpha value is -2.71. The largest absolute Gasteiger partial charge is 0.313 e. The van der Waals surface area contributed by atoms with Crippen LogP contribution in [0.15, 0.2) is 72.6 Å². The molecule has 0 amide bonds. The van der Waals surface area contributed by atoms with Crippen LogP contribution < -0.4 is 5.32 Å². The highest BCUT2D eigenvalue weighted by Crippen LogP contribution is 2.36. The van der Waals surface area contributed by atoms with Gasteiger partial charge in [-0.05, 0) is 70.0 Å². The van der Waals surface area contributed by atoms with Crippen LogP contribution in [-0.4, -0.2) is 18.1 Å². The van der Waals surface area contributed by atoms with Crippen molar-refractivity contribution in [3.8, 4) is 11.1 Å². The zero-order valence-electron chi connectivity index (χ0n) is 14.8. The van der Waals surface area contributed by atoms with E-state index < -0.39 is 0 Å². The second-order valence-corrected chi connectivity index (χ2v) is 7.21. The Kier molecular flexibility index (Phi) is 3.91. The molecule has 2 aliphatic carbocycles. The van der Waals surface area contributed by atoms with Gasteiger partial charge >= 0.3 is 0 Å². The summed E-state index contributed by atoms with van der Waals surface area (Å²) in [7, 11) is 0. The van der Waals surface area contributed by atoms with E-state index in [1.54, 1.807) is 11.1 Å². The fraction of sp³-hybridized carbons (Fsp3) is 0.208. The van der Waals surface area contributed by atoms with Crippen molar-refractivity contribution >= 4 is 5.57 Å². The van der Waals surface area contributed by atoms with Gasteiger partial charge in [-0.1, -0.05) is 48.5 Å². The molecule has 2 heterocycles. The van der Waals surface area contributed by atoms with Gasteiger partial charge in [0.25, 0.3) is 0 Å². The van der Waals surface area contributed by atoms with Gasteiger partial charge in [-0.3, -0.25) is 4.98 Å². The average molecular weight is 338 g/mol. The minimum atomic E-state index is 1.04. The first-order chi connectivity index (χ1) is 12.9. The zero-order chi connectivity index (χ0) is 17.3. The summed E-state index contributed by atoms with van der Waals surface area (Å²) < 4.78 is 0. The van der Waals surface area contributed by atoms with E-state index in [1.807, 2.05) is 12.4 Å². The fourth-order valence-corrected chi connectivity index (χ4v) is 4.40. The van der Waals surface area contributed by atoms with E-state index >= 15 is 0 Å². The molecule has 0 radical (unpaired) electrons. The van der Waals surface area contributed by atoms with Crippen LogP contribution in [0.25, 0.3) is 16.7 Å². The van der Waals surface area contributed by atoms with Crippen molar-refractivity contribution in [3.05, 3.63) is 94.8 Å². The Morgan fingerprint density at radius 3 is 2.35 bits per heavy atom. The lowest BCUT2D eigenvalue weighted by molar-refractivity contribution is 0.711. The number of nitrogens with zero attached hydrogens (tertiary/aromatic N) is 1. The van der Waals surface area contributed by atoms with Crippen LogP contribution in [0, 0.1) is 0 Å². The molecule has 26 heavy (non-hydrogen) atoms. The summed E-state index contributed by atoms with van der Waals surface area (Å²) in [5, 5.41) is 3.43. The SMILES string of the molecule is c1ccc2c(c1)CC1=C2CCNC1.c1ccc2c(c1)Cc1cnccc1-2. The van der Waals surface area contributed by atoms with Gasteiger partial charge in [-0.2, -0.15) is 0 Å². The number of hydrogen-bond donors (Lipinski definition) is 1. The topological polar surface area (TPSA) is 24.9 Å². The van der Waals surface area contributed by atoms with Gasteiger partial charge in [0.1, 0.15) is 0 Å². The fourth-order valence-electron chi connectivity index (χ4n) is 4.40. The molecule has 0 spiro atoms. The maximum Gasteiger partial charge on any atom is 0.0309 e. The number of nitrogens with one attached hydrogen (secondary N) is 1. The predicted molar refractivity (Wildman–Crippen MR) is 107 cm³/mol. The van der Waals surface area contributed by atoms with Gasteiger partial charge in [0, 0.05) is 25.4 Å². The summed E-state index contributed by atoms with van der Waals surface area (Å²) in [6.45, 7) is 2.25. The summed E-state index contributed by atoms with van der Waals surface area (Å²) in [6.07, 6.45) is 7.26. The lowest BCUT2D eigenvalue weighted by Crippen LogP contribution is -2.23. The van der Waals surface area contributed by atoms with Gasteiger partial charge in [0.15, 0.2) is 0 Å². The third-order valence-corrected chi connectivity index (χ3v) is 5.66. The summed E-state index contributed by atoms with van der Waals surface area (Å²) >= 11 is 0. The normalized spacial score (nSPS) is 16.2. The molecule has 0 atom stereocenters. The van der Waals surface area contributed by atoms with E-state index in [2.05, 4.69) is 64.9 Å². The third kappa shape index (κ3) is 2.67. The highest BCUT2D eigenvalue weighted by Gasteiger charge is 2.22. The van der Waals surface area contributed by atoms with E-state index in [9.17, 15) is 0 Å². The van der Waals surface area contributed by atoms with Crippen molar-refractivity contribution in [2.75, 3.05) is 13.1 Å². The van der Waals surface area contributed by atoms with Gasteiger partial charge < -0.3 is 5.32 Å². The van der Waals surface area contributed by atoms with Crippen LogP contribution in [0.1, 0.15) is 28.7 Å². The molecule has 2 aromatic carbocycles. The number of fused-ring (bicyclic) bond motifs is 5. The highest BCUT2D eigenvalue weighted by atomic mass is 14.9. The first-order valence-electron chi connectivity index (χ1n) is 9.41. The third-order valence-electron chi connectivity index (χ3n) is 5.66. The summed E-state index contributed by atoms with van der Waals surface area (Å²) in [5.41, 5.74) is 11.8. The van der Waals surface area contributed by atoms with Crippen LogP contribution in [0.5, 0.6) is 0 Å². The lowest BCUT2D eigenvalue weighted by Gasteiger charge is -2.15. The van der Waals surface area contributed by atoms with Crippen LogP contribution in [0.3, 0.4) is 0 Å². The second kappa shape index (κ2) is 6.54. The molecular formula is C24H22N2. The number of rotatable bonds is 0. The van der Waals surface area contributed by atoms with Crippen molar-refractivity contribution < 1.29 is 0 Å². The minimum absolute atomic E-state index is 1.04. The van der Waals surface area contributed by atoms with E-state index in [0.717, 1.165) is 19.5 Å². The Bertz CT molecular complexity index is 957. The first-order valence-corrected chi connectivity index (χ1v) is 9.41. The smallest absolute Gasteiger partial charge is 0.0309 e. The van der Waals surface area contributed by atoms with Crippen molar-refractivity contribution in [2.24, 2.45) is 0 Å². The Balaban J connectivity index is 0.000000115. The van der Waals surface area contributed by atoms with Crippen molar-refractivity contribution in [1.82, 2.24) is 10.3 Å². The number of aromatic nitrogens is 1. The van der Waals surface area contributed by atoms with Crippen molar-refractivity contribution in [2.45, 2.75) is 19.3 Å². The molecule has 6 rings (SSSR count). The molecular weight excluding hydrogens is 316 g/mol. The van der Waals surface area contributed by atoms with E-state index in [0.29, 0.717) is 0 Å². The number of hydrogen-bond acceptors (Lipinski definition) is 2. The van der Waals surface area contributed by atoms with Gasteiger partial charge in [0.05, 0.1) is 0 Å². The zero-order valence-corrected chi connectivity index (χ0v) is 14.8. The summed E-state index contributed by atoms with van der Waals surface area (Å²) in [5.74, 6) is 0. The van der Waals surface area contributed by atoms with Gasteiger partial charge in [-0.15, -0.1) is 0 Å². The number of pyridine rings is 1. The van der Waals surface area contributed by atoms with Crippen LogP contribution >= 0.6 is 0 Å². The Morgan fingerprint density at radius 2 is 1.46 bits per heavy atom. The van der Waals surface area contributed by atoms with E-state index in [-0.39, 0.29) is 0 Å². The average Bonchev–Trinajstić information content (AvgIpc) is 3.27. The Morgan fingerprint density at radius 1 is 0.731 bits per heavy atom. The standard InChI is InChI=1S/C12H13N.C12H9N/c2*1-2-4-11-9(3-1)7-10-8-13-6-5-12(10)11/h1-4,13H,5-8H2;1-6,8H,7H2. The van der Waals surface area contributed by atoms with Crippen molar-refractivity contribution in [3.63, 3.8) is 0 Å². The molecule has 1 N–H and O–H groups in total. The molecule has 0 saturated carbocycles. The molecule has 2 heteroatoms. The second-order valence-electron chi connectivity index (χ2n) is 7.21. The van der Waals surface area contributed by atoms with Crippen LogP contribution in [-0.2, 0) is 12.8 Å². The maximum absolute atomic E-state index is 4.14. The molecule has 1 aliphatic heterocycles. The van der Waals surface area contributed by atoms with Gasteiger partial charge in [0.2, 0.25) is 0 Å². The van der Waals surface area contributed by atoms with Crippen LogP contribution in [0.2, 0.25) is 0 Å². The predicted octanol–water partition coefficient (Wildman–Crippen LogP) is 4.64. The summed E-state index contributed by atoms with van der Waals surface area (Å²) in [6, 6.07) is 19.5. The maximum atomic E-state index is 4.14. The molecule has 0 bridgehead atoms. The number of benzene rings is 2. The van der Waals surface area contributed by atoms with E-state index in [1.165, 1.54) is 46.2 Å². The molecule has 1 aromatic heterocycles. The minimum Gasteiger partial charge on any atom is -0.313 e. The molecule has 3 aromatic rings. The molecule has 0 saturated heterocycles. The first kappa shape index (κ1) is 15.5. The molecule has 128 valence electrons. The lowest BCUT2D eigenvalue weighted by atomic mass is 10.0. The van der Waals surface area contributed by atoms with Gasteiger partial charge in [-0.25, -0.2) is 0 Å². The van der Waals surface area contributed by atoms with E-state index in [4.69, 9.17) is 0 Å². The molecule has 0 unspecified atom stereocenters. The highest BCUT2D eigenvalue weighted by molar-refractivity contribution is 5.77. The molecule has 2 nitrogen and oxygen atoms in total. The quantitative estimate of drug-likeness (QED) is 0.505. The Labute approximate surface area is 154 Å². The van der Waals surface area contributed by atoms with Crippen molar-refractivity contribution in [1.29, 1.82) is 0 Å². The van der Waals surface area contributed by atoms with Crippen LogP contribution in [0.4, 0.5) is 0 Å². The monoisotopic (exact) mass is 338 g/mol. The molecule has 3 aliphatic rings. The molecule has 0 fully saturated rings. The summed E-state index contributed by atoms with van der Waals surface area (Å²) in [4.78, 5) is 4.14.